The first-order chi connectivity index (χ1) is 12.5. The van der Waals surface area contributed by atoms with Crippen LogP contribution in [0.4, 0.5) is 0 Å². The average Bonchev–Trinajstić information content (AvgIpc) is 2.63. The molecule has 1 saturated heterocycles. The van der Waals surface area contributed by atoms with Gasteiger partial charge in [-0.05, 0) is 43.0 Å². The van der Waals surface area contributed by atoms with Gasteiger partial charge in [-0.2, -0.15) is 23.5 Å². The molecule has 0 amide bonds. The predicted octanol–water partition coefficient (Wildman–Crippen LogP) is 4.42. The number of carbonyl (C=O) groups is 3. The highest BCUT2D eigenvalue weighted by atomic mass is 32.2. The molecule has 2 unspecified atom stereocenters. The van der Waals surface area contributed by atoms with Gasteiger partial charge in [-0.15, -0.1) is 11.8 Å². The normalized spacial score (nSPS) is 26.4. The van der Waals surface area contributed by atoms with Gasteiger partial charge in [0.1, 0.15) is 5.92 Å². The second-order valence-electron chi connectivity index (χ2n) is 7.20. The molecule has 2 heterocycles. The van der Waals surface area contributed by atoms with Crippen LogP contribution in [0.25, 0.3) is 0 Å². The number of carbonyl (C=O) groups excluding carboxylic acids is 3. The Balaban J connectivity index is 1.79. The number of hydrogen-bond donors (Lipinski definition) is 0. The Morgan fingerprint density at radius 3 is 2.50 bits per heavy atom. The topological polar surface area (TPSA) is 51.2 Å². The number of benzene rings is 1. The standard InChI is InChI=1S/C20H22O3S3/c1-10-8-12(18(23)17-13(21)4-3-5-14(17)22)11(2)16-19(10)26-9-15-20(16)25-7-6-24-15/h8,15,17,20H,3-7,9H2,1-2H3. The molecule has 0 bridgehead atoms. The Morgan fingerprint density at radius 2 is 1.77 bits per heavy atom. The molecule has 26 heavy (non-hydrogen) atoms. The minimum absolute atomic E-state index is 0.198. The van der Waals surface area contributed by atoms with Crippen LogP contribution < -0.4 is 0 Å². The summed E-state index contributed by atoms with van der Waals surface area (Å²) < 4.78 is 0. The Kier molecular flexibility index (Phi) is 5.28. The van der Waals surface area contributed by atoms with E-state index in [9.17, 15) is 14.4 Å². The van der Waals surface area contributed by atoms with Crippen LogP contribution in [-0.2, 0) is 9.59 Å². The fraction of sp³-hybridized carbons (Fsp3) is 0.550. The van der Waals surface area contributed by atoms with Crippen molar-refractivity contribution in [2.24, 2.45) is 5.92 Å². The molecule has 2 aliphatic heterocycles. The van der Waals surface area contributed by atoms with Crippen LogP contribution in [-0.4, -0.2) is 39.9 Å². The van der Waals surface area contributed by atoms with E-state index in [2.05, 4.69) is 0 Å². The van der Waals surface area contributed by atoms with Crippen LogP contribution >= 0.6 is 35.3 Å². The van der Waals surface area contributed by atoms with Gasteiger partial charge in [0.15, 0.2) is 17.3 Å². The van der Waals surface area contributed by atoms with Crippen molar-refractivity contribution in [3.63, 3.8) is 0 Å². The number of hydrogen-bond acceptors (Lipinski definition) is 6. The van der Waals surface area contributed by atoms with Gasteiger partial charge >= 0.3 is 0 Å². The van der Waals surface area contributed by atoms with E-state index in [0.29, 0.717) is 35.3 Å². The van der Waals surface area contributed by atoms with E-state index in [-0.39, 0.29) is 17.3 Å². The number of ketones is 3. The van der Waals surface area contributed by atoms with Crippen molar-refractivity contribution in [2.45, 2.75) is 48.5 Å². The maximum Gasteiger partial charge on any atom is 0.181 e. The summed E-state index contributed by atoms with van der Waals surface area (Å²) in [6.07, 6.45) is 1.27. The highest BCUT2D eigenvalue weighted by Gasteiger charge is 2.40. The molecule has 138 valence electrons. The van der Waals surface area contributed by atoms with Gasteiger partial charge in [-0.1, -0.05) is 0 Å². The summed E-state index contributed by atoms with van der Waals surface area (Å²) in [6.45, 7) is 4.06. The van der Waals surface area contributed by atoms with Crippen LogP contribution in [0.3, 0.4) is 0 Å². The first kappa shape index (κ1) is 18.6. The molecule has 4 rings (SSSR count). The molecular weight excluding hydrogens is 384 g/mol. The van der Waals surface area contributed by atoms with Gasteiger partial charge in [-0.25, -0.2) is 0 Å². The van der Waals surface area contributed by atoms with Crippen LogP contribution in [0.15, 0.2) is 11.0 Å². The van der Waals surface area contributed by atoms with Crippen molar-refractivity contribution in [1.29, 1.82) is 0 Å². The smallest absolute Gasteiger partial charge is 0.181 e. The molecule has 6 heteroatoms. The van der Waals surface area contributed by atoms with Gasteiger partial charge in [0.25, 0.3) is 0 Å². The molecule has 0 N–H and O–H groups in total. The summed E-state index contributed by atoms with van der Waals surface area (Å²) in [4.78, 5) is 39.0. The van der Waals surface area contributed by atoms with E-state index in [1.165, 1.54) is 16.2 Å². The largest absolute Gasteiger partial charge is 0.298 e. The van der Waals surface area contributed by atoms with E-state index in [4.69, 9.17) is 0 Å². The zero-order valence-electron chi connectivity index (χ0n) is 15.0. The summed E-state index contributed by atoms with van der Waals surface area (Å²) in [5.74, 6) is 1.69. The lowest BCUT2D eigenvalue weighted by atomic mass is 9.79. The van der Waals surface area contributed by atoms with Crippen molar-refractivity contribution < 1.29 is 14.4 Å². The summed E-state index contributed by atoms with van der Waals surface area (Å²) in [6, 6.07) is 1.92. The number of thioether (sulfide) groups is 3. The van der Waals surface area contributed by atoms with Crippen molar-refractivity contribution in [3.8, 4) is 0 Å². The van der Waals surface area contributed by atoms with Crippen molar-refractivity contribution >= 4 is 52.6 Å². The second-order valence-corrected chi connectivity index (χ2v) is 10.8. The molecule has 1 saturated carbocycles. The maximum absolute atomic E-state index is 13.2. The molecule has 0 radical (unpaired) electrons. The van der Waals surface area contributed by atoms with Gasteiger partial charge in [0.2, 0.25) is 0 Å². The maximum atomic E-state index is 13.2. The third kappa shape index (κ3) is 3.08. The van der Waals surface area contributed by atoms with Gasteiger partial charge in [-0.3, -0.25) is 14.4 Å². The van der Waals surface area contributed by atoms with E-state index < -0.39 is 5.92 Å². The summed E-state index contributed by atoms with van der Waals surface area (Å²) >= 11 is 5.92. The van der Waals surface area contributed by atoms with Crippen LogP contribution in [0, 0.1) is 19.8 Å². The molecule has 2 atom stereocenters. The van der Waals surface area contributed by atoms with Crippen LogP contribution in [0.1, 0.15) is 51.6 Å². The Labute approximate surface area is 166 Å². The SMILES string of the molecule is Cc1cc(C(=O)C2C(=O)CCCC2=O)c(C)c2c1SCC1SCCSC21. The lowest BCUT2D eigenvalue weighted by molar-refractivity contribution is -0.133. The van der Waals surface area contributed by atoms with Gasteiger partial charge in [0, 0.05) is 51.1 Å². The molecule has 2 fully saturated rings. The zero-order valence-corrected chi connectivity index (χ0v) is 17.5. The first-order valence-corrected chi connectivity index (χ1v) is 12.2. The zero-order chi connectivity index (χ0) is 18.4. The van der Waals surface area contributed by atoms with E-state index >= 15 is 0 Å². The molecular formula is C20H22O3S3. The molecule has 1 aromatic rings. The van der Waals surface area contributed by atoms with Crippen molar-refractivity contribution in [3.05, 3.63) is 28.3 Å². The Morgan fingerprint density at radius 1 is 1.08 bits per heavy atom. The fourth-order valence-electron chi connectivity index (χ4n) is 4.20. The third-order valence-electron chi connectivity index (χ3n) is 5.52. The third-order valence-corrected chi connectivity index (χ3v) is 10.2. The highest BCUT2D eigenvalue weighted by molar-refractivity contribution is 8.08. The number of aryl methyl sites for hydroxylation is 1. The summed E-state index contributed by atoms with van der Waals surface area (Å²) in [5.41, 5.74) is 3.96. The Hall–Kier alpha value is -0.720. The second kappa shape index (κ2) is 7.36. The lowest BCUT2D eigenvalue weighted by Crippen LogP contribution is -2.36. The van der Waals surface area contributed by atoms with Crippen molar-refractivity contribution in [2.75, 3.05) is 17.3 Å². The molecule has 0 spiro atoms. The lowest BCUT2D eigenvalue weighted by Gasteiger charge is -2.38. The number of rotatable bonds is 2. The van der Waals surface area contributed by atoms with Crippen LogP contribution in [0.5, 0.6) is 0 Å². The highest BCUT2D eigenvalue weighted by Crippen LogP contribution is 2.53. The van der Waals surface area contributed by atoms with E-state index in [1.807, 2.05) is 55.2 Å². The first-order valence-electron chi connectivity index (χ1n) is 9.08. The van der Waals surface area contributed by atoms with Crippen molar-refractivity contribution in [1.82, 2.24) is 0 Å². The number of fused-ring (bicyclic) bond motifs is 3. The van der Waals surface area contributed by atoms with Gasteiger partial charge < -0.3 is 0 Å². The molecule has 1 aromatic carbocycles. The number of Topliss-reactive ketones (excluding diaryl/α,β-unsaturated/α-hetero) is 3. The molecule has 0 aromatic heterocycles. The van der Waals surface area contributed by atoms with Crippen LogP contribution in [0.2, 0.25) is 0 Å². The molecule has 3 nitrogen and oxygen atoms in total. The quantitative estimate of drug-likeness (QED) is 0.535. The molecule has 1 aliphatic carbocycles. The Bertz CT molecular complexity index is 786. The monoisotopic (exact) mass is 406 g/mol. The summed E-state index contributed by atoms with van der Waals surface area (Å²) in [5, 5.41) is 0.988. The average molecular weight is 407 g/mol. The van der Waals surface area contributed by atoms with E-state index in [1.54, 1.807) is 0 Å². The summed E-state index contributed by atoms with van der Waals surface area (Å²) in [7, 11) is 0. The molecule has 3 aliphatic rings. The fourth-order valence-corrected chi connectivity index (χ4v) is 9.11. The minimum Gasteiger partial charge on any atom is -0.298 e. The predicted molar refractivity (Wildman–Crippen MR) is 110 cm³/mol. The van der Waals surface area contributed by atoms with Gasteiger partial charge in [0.05, 0.1) is 0 Å². The minimum atomic E-state index is -1.07. The van der Waals surface area contributed by atoms with E-state index in [0.717, 1.165) is 22.6 Å².